The zero-order chi connectivity index (χ0) is 11.8. The van der Waals surface area contributed by atoms with Crippen LogP contribution < -0.4 is 5.73 Å². The summed E-state index contributed by atoms with van der Waals surface area (Å²) in [6.45, 7) is 11.8. The Morgan fingerprint density at radius 1 is 1.27 bits per heavy atom. The van der Waals surface area contributed by atoms with Gasteiger partial charge in [-0.2, -0.15) is 0 Å². The van der Waals surface area contributed by atoms with Crippen LogP contribution in [0.3, 0.4) is 0 Å². The molecule has 0 rings (SSSR count). The Labute approximate surface area is 94.5 Å². The van der Waals surface area contributed by atoms with Crippen LogP contribution in [-0.2, 0) is 0 Å². The third-order valence-corrected chi connectivity index (χ3v) is 2.86. The second-order valence-corrected chi connectivity index (χ2v) is 4.60. The lowest BCUT2D eigenvalue weighted by Gasteiger charge is -2.26. The molecule has 0 spiro atoms. The van der Waals surface area contributed by atoms with Gasteiger partial charge >= 0.3 is 0 Å². The minimum Gasteiger partial charge on any atom is -0.387 e. The molecule has 0 saturated heterocycles. The van der Waals surface area contributed by atoms with E-state index in [-0.39, 0.29) is 5.92 Å². The standard InChI is InChI=1S/C12H27N3/c1-5-7-10(3)8-15(6-2)9-11(4)12(13)14/h10-11H,5-9H2,1-4H3,(H3,13,14). The highest BCUT2D eigenvalue weighted by Crippen LogP contribution is 2.09. The molecule has 0 aromatic rings. The molecule has 0 amide bonds. The zero-order valence-electron chi connectivity index (χ0n) is 10.7. The molecule has 3 heteroatoms. The van der Waals surface area contributed by atoms with E-state index in [0.717, 1.165) is 25.6 Å². The van der Waals surface area contributed by atoms with Crippen LogP contribution in [0.2, 0.25) is 0 Å². The largest absolute Gasteiger partial charge is 0.387 e. The summed E-state index contributed by atoms with van der Waals surface area (Å²) in [5, 5.41) is 7.38. The average molecular weight is 213 g/mol. The average Bonchev–Trinajstić information content (AvgIpc) is 2.16. The topological polar surface area (TPSA) is 53.1 Å². The molecule has 2 unspecified atom stereocenters. The summed E-state index contributed by atoms with van der Waals surface area (Å²) in [5.74, 6) is 1.23. The predicted molar refractivity (Wildman–Crippen MR) is 67.3 cm³/mol. The summed E-state index contributed by atoms with van der Waals surface area (Å²) in [7, 11) is 0. The lowest BCUT2D eigenvalue weighted by Crippen LogP contribution is -2.36. The molecule has 0 radical (unpaired) electrons. The van der Waals surface area contributed by atoms with Crippen LogP contribution in [0.5, 0.6) is 0 Å². The van der Waals surface area contributed by atoms with E-state index in [1.807, 2.05) is 6.92 Å². The summed E-state index contributed by atoms with van der Waals surface area (Å²) in [6, 6.07) is 0. The highest BCUT2D eigenvalue weighted by Gasteiger charge is 2.13. The van der Waals surface area contributed by atoms with E-state index in [1.54, 1.807) is 0 Å². The normalized spacial score (nSPS) is 15.3. The molecule has 0 fully saturated rings. The number of nitrogens with one attached hydrogen (secondary N) is 1. The SMILES string of the molecule is CCCC(C)CN(CC)CC(C)C(=N)N. The summed E-state index contributed by atoms with van der Waals surface area (Å²) in [5.41, 5.74) is 5.49. The lowest BCUT2D eigenvalue weighted by atomic mass is 10.0. The van der Waals surface area contributed by atoms with Crippen LogP contribution in [0.4, 0.5) is 0 Å². The van der Waals surface area contributed by atoms with Gasteiger partial charge in [0.15, 0.2) is 0 Å². The van der Waals surface area contributed by atoms with Crippen LogP contribution >= 0.6 is 0 Å². The molecule has 0 heterocycles. The first kappa shape index (κ1) is 14.4. The summed E-state index contributed by atoms with van der Waals surface area (Å²) < 4.78 is 0. The second-order valence-electron chi connectivity index (χ2n) is 4.60. The predicted octanol–water partition coefficient (Wildman–Crippen LogP) is 2.32. The van der Waals surface area contributed by atoms with Gasteiger partial charge in [-0.05, 0) is 18.9 Å². The highest BCUT2D eigenvalue weighted by atomic mass is 15.1. The fourth-order valence-electron chi connectivity index (χ4n) is 1.84. The van der Waals surface area contributed by atoms with E-state index >= 15 is 0 Å². The Bertz CT molecular complexity index is 180. The second kappa shape index (κ2) is 7.69. The van der Waals surface area contributed by atoms with Crippen LogP contribution in [-0.4, -0.2) is 30.4 Å². The molecular weight excluding hydrogens is 186 g/mol. The van der Waals surface area contributed by atoms with Gasteiger partial charge in [-0.15, -0.1) is 0 Å². The lowest BCUT2D eigenvalue weighted by molar-refractivity contribution is 0.229. The van der Waals surface area contributed by atoms with Crippen molar-refractivity contribution in [2.45, 2.75) is 40.5 Å². The Kier molecular flexibility index (Phi) is 7.39. The van der Waals surface area contributed by atoms with Crippen molar-refractivity contribution >= 4 is 5.84 Å². The van der Waals surface area contributed by atoms with E-state index in [2.05, 4.69) is 25.7 Å². The van der Waals surface area contributed by atoms with Crippen LogP contribution in [0.15, 0.2) is 0 Å². The molecular formula is C12H27N3. The molecule has 0 aromatic heterocycles. The molecule has 0 aliphatic heterocycles. The maximum absolute atomic E-state index is 7.38. The van der Waals surface area contributed by atoms with E-state index in [1.165, 1.54) is 12.8 Å². The van der Waals surface area contributed by atoms with Crippen molar-refractivity contribution in [3.63, 3.8) is 0 Å². The monoisotopic (exact) mass is 213 g/mol. The van der Waals surface area contributed by atoms with Gasteiger partial charge in [0.2, 0.25) is 0 Å². The quantitative estimate of drug-likeness (QED) is 0.480. The third kappa shape index (κ3) is 6.50. The van der Waals surface area contributed by atoms with Crippen molar-refractivity contribution < 1.29 is 0 Å². The Hall–Kier alpha value is -0.570. The van der Waals surface area contributed by atoms with Crippen molar-refractivity contribution in [3.05, 3.63) is 0 Å². The van der Waals surface area contributed by atoms with Gasteiger partial charge in [0.25, 0.3) is 0 Å². The van der Waals surface area contributed by atoms with Crippen molar-refractivity contribution in [2.24, 2.45) is 17.6 Å². The van der Waals surface area contributed by atoms with Crippen LogP contribution in [0, 0.1) is 17.2 Å². The molecule has 90 valence electrons. The maximum atomic E-state index is 7.38. The van der Waals surface area contributed by atoms with Crippen molar-refractivity contribution in [2.75, 3.05) is 19.6 Å². The van der Waals surface area contributed by atoms with E-state index < -0.39 is 0 Å². The van der Waals surface area contributed by atoms with E-state index in [0.29, 0.717) is 5.84 Å². The molecule has 3 nitrogen and oxygen atoms in total. The van der Waals surface area contributed by atoms with Gasteiger partial charge in [0.1, 0.15) is 0 Å². The molecule has 3 N–H and O–H groups in total. The first-order chi connectivity index (χ1) is 7.01. The molecule has 0 saturated carbocycles. The van der Waals surface area contributed by atoms with E-state index in [9.17, 15) is 0 Å². The first-order valence-electron chi connectivity index (χ1n) is 6.07. The van der Waals surface area contributed by atoms with Gasteiger partial charge < -0.3 is 10.6 Å². The van der Waals surface area contributed by atoms with Gasteiger partial charge in [-0.3, -0.25) is 5.41 Å². The highest BCUT2D eigenvalue weighted by molar-refractivity contribution is 5.79. The first-order valence-corrected chi connectivity index (χ1v) is 6.07. The third-order valence-electron chi connectivity index (χ3n) is 2.86. The summed E-state index contributed by atoms with van der Waals surface area (Å²) >= 11 is 0. The summed E-state index contributed by atoms with van der Waals surface area (Å²) in [4.78, 5) is 2.40. The van der Waals surface area contributed by atoms with E-state index in [4.69, 9.17) is 11.1 Å². The molecule has 15 heavy (non-hydrogen) atoms. The van der Waals surface area contributed by atoms with Gasteiger partial charge in [0, 0.05) is 19.0 Å². The van der Waals surface area contributed by atoms with Crippen molar-refractivity contribution in [1.82, 2.24) is 4.90 Å². The fourth-order valence-corrected chi connectivity index (χ4v) is 1.84. The number of amidine groups is 1. The molecule has 0 aliphatic carbocycles. The smallest absolute Gasteiger partial charge is 0.0947 e. The van der Waals surface area contributed by atoms with Gasteiger partial charge in [0.05, 0.1) is 5.84 Å². The Balaban J connectivity index is 3.96. The molecule has 0 aliphatic rings. The Morgan fingerprint density at radius 2 is 1.87 bits per heavy atom. The number of rotatable bonds is 8. The molecule has 0 bridgehead atoms. The number of nitrogens with zero attached hydrogens (tertiary/aromatic N) is 1. The van der Waals surface area contributed by atoms with Crippen molar-refractivity contribution in [3.8, 4) is 0 Å². The number of nitrogens with two attached hydrogens (primary N) is 1. The van der Waals surface area contributed by atoms with Crippen LogP contribution in [0.25, 0.3) is 0 Å². The minimum absolute atomic E-state index is 0.179. The van der Waals surface area contributed by atoms with Crippen LogP contribution in [0.1, 0.15) is 40.5 Å². The zero-order valence-corrected chi connectivity index (χ0v) is 10.7. The van der Waals surface area contributed by atoms with Crippen molar-refractivity contribution in [1.29, 1.82) is 5.41 Å². The number of hydrogen-bond donors (Lipinski definition) is 2. The Morgan fingerprint density at radius 3 is 2.27 bits per heavy atom. The molecule has 2 atom stereocenters. The fraction of sp³-hybridized carbons (Fsp3) is 0.917. The molecule has 0 aromatic carbocycles. The number of hydrogen-bond acceptors (Lipinski definition) is 2. The minimum atomic E-state index is 0.179. The maximum Gasteiger partial charge on any atom is 0.0947 e. The summed E-state index contributed by atoms with van der Waals surface area (Å²) in [6.07, 6.45) is 2.53. The van der Waals surface area contributed by atoms with Gasteiger partial charge in [-0.1, -0.05) is 34.1 Å². The van der Waals surface area contributed by atoms with Gasteiger partial charge in [-0.25, -0.2) is 0 Å².